The zero-order valence-corrected chi connectivity index (χ0v) is 9.40. The van der Waals surface area contributed by atoms with E-state index < -0.39 is 6.16 Å². The first-order valence-corrected chi connectivity index (χ1v) is 4.82. The fourth-order valence-electron chi connectivity index (χ4n) is 0.738. The van der Waals surface area contributed by atoms with Crippen LogP contribution in [0.2, 0.25) is 0 Å². The molecular formula is C7H17N3O7. The van der Waals surface area contributed by atoms with Crippen LogP contribution in [0.5, 0.6) is 0 Å². The Kier molecular flexibility index (Phi) is 14.7. The number of hydrazine groups is 1. The van der Waals surface area contributed by atoms with Crippen LogP contribution in [0.1, 0.15) is 32.6 Å². The summed E-state index contributed by atoms with van der Waals surface area (Å²) >= 11 is 0. The summed E-state index contributed by atoms with van der Waals surface area (Å²) in [5, 5.41) is 35.0. The molecule has 0 heterocycles. The van der Waals surface area contributed by atoms with Gasteiger partial charge in [0.2, 0.25) is 5.28 Å². The van der Waals surface area contributed by atoms with E-state index in [1.165, 1.54) is 5.59 Å². The largest absolute Gasteiger partial charge is 0.567 e. The predicted octanol–water partition coefficient (Wildman–Crippen LogP) is 1.59. The monoisotopic (exact) mass is 255 g/mol. The molecule has 0 saturated carbocycles. The normalized spacial score (nSPS) is 10.1. The van der Waals surface area contributed by atoms with Gasteiger partial charge in [0.1, 0.15) is 11.6 Å². The van der Waals surface area contributed by atoms with E-state index in [2.05, 4.69) is 22.0 Å². The summed E-state index contributed by atoms with van der Waals surface area (Å²) in [5.74, 6) is 0. The van der Waals surface area contributed by atoms with Crippen LogP contribution in [0.4, 0.5) is 4.79 Å². The van der Waals surface area contributed by atoms with Crippen LogP contribution in [-0.2, 0) is 9.83 Å². The van der Waals surface area contributed by atoms with Gasteiger partial charge in [-0.25, -0.2) is 10.1 Å². The molecule has 102 valence electrons. The summed E-state index contributed by atoms with van der Waals surface area (Å²) in [6.45, 7) is 2.49. The molecule has 0 aromatic rings. The molecule has 0 spiro atoms. The van der Waals surface area contributed by atoms with Crippen molar-refractivity contribution in [3.8, 4) is 0 Å². The minimum atomic E-state index is -1.83. The number of rotatable bonds is 8. The number of carboxylic acid groups (broad SMARTS) is 2. The third-order valence-corrected chi connectivity index (χ3v) is 1.34. The highest BCUT2D eigenvalue weighted by Crippen LogP contribution is 1.98. The molecule has 0 radical (unpaired) electrons. The van der Waals surface area contributed by atoms with Crippen LogP contribution in [0.15, 0.2) is 5.28 Å². The van der Waals surface area contributed by atoms with Crippen molar-refractivity contribution in [3.63, 3.8) is 0 Å². The van der Waals surface area contributed by atoms with Gasteiger partial charge < -0.3 is 20.3 Å². The number of carbonyl (C=O) groups is 1. The van der Waals surface area contributed by atoms with Gasteiger partial charge in [0, 0.05) is 5.59 Å². The van der Waals surface area contributed by atoms with Gasteiger partial charge in [-0.1, -0.05) is 24.8 Å². The zero-order valence-electron chi connectivity index (χ0n) is 9.40. The summed E-state index contributed by atoms with van der Waals surface area (Å²) in [7, 11) is 0. The molecule has 0 amide bonds. The summed E-state index contributed by atoms with van der Waals surface area (Å²) < 4.78 is 0. The van der Waals surface area contributed by atoms with Crippen molar-refractivity contribution >= 4 is 6.16 Å². The molecule has 0 atom stereocenters. The van der Waals surface area contributed by atoms with Crippen LogP contribution >= 0.6 is 0 Å². The maximum atomic E-state index is 10.4. The SMILES string of the molecule is CCCCCCON=[N+]([O-])NOO.O=C(O)O. The highest BCUT2D eigenvalue weighted by molar-refractivity contribution is 5.53. The Hall–Kier alpha value is -1.81. The smallest absolute Gasteiger partial charge is 0.503 e. The predicted molar refractivity (Wildman–Crippen MR) is 53.7 cm³/mol. The van der Waals surface area contributed by atoms with Crippen molar-refractivity contribution in [1.82, 2.24) is 5.59 Å². The van der Waals surface area contributed by atoms with Crippen LogP contribution in [0.25, 0.3) is 0 Å². The van der Waals surface area contributed by atoms with Gasteiger partial charge in [-0.05, 0) is 12.8 Å². The van der Waals surface area contributed by atoms with Gasteiger partial charge in [-0.15, -0.1) is 0 Å². The molecule has 0 aliphatic rings. The molecule has 10 heteroatoms. The molecule has 0 aromatic carbocycles. The first kappa shape index (κ1) is 17.6. The molecule has 0 unspecified atom stereocenters. The lowest BCUT2D eigenvalue weighted by atomic mass is 10.2. The fourth-order valence-corrected chi connectivity index (χ4v) is 0.738. The highest BCUT2D eigenvalue weighted by atomic mass is 17.2. The van der Waals surface area contributed by atoms with Gasteiger partial charge in [0.25, 0.3) is 0 Å². The standard InChI is InChI=1S/C6H15N3O4.CH2O3/c1-2-3-4-5-6-12-7-9(10)8-13-11;2-1(3)4/h11H,2-6H2,1H3,(H,7,8);(H2,2,3,4). The Morgan fingerprint density at radius 1 is 1.41 bits per heavy atom. The topological polar surface area (TPSA) is 147 Å². The maximum absolute atomic E-state index is 10.4. The van der Waals surface area contributed by atoms with Gasteiger partial charge in [0.15, 0.2) is 0 Å². The molecule has 0 bridgehead atoms. The zero-order chi connectivity index (χ0) is 13.5. The van der Waals surface area contributed by atoms with Crippen molar-refractivity contribution in [2.45, 2.75) is 32.6 Å². The van der Waals surface area contributed by atoms with E-state index in [1.54, 1.807) is 0 Å². The average Bonchev–Trinajstić information content (AvgIpc) is 2.23. The molecule has 0 fully saturated rings. The van der Waals surface area contributed by atoms with E-state index in [0.29, 0.717) is 6.61 Å². The maximum Gasteiger partial charge on any atom is 0.503 e. The van der Waals surface area contributed by atoms with E-state index in [1.807, 2.05) is 0 Å². The molecule has 0 aliphatic carbocycles. The van der Waals surface area contributed by atoms with Crippen molar-refractivity contribution in [3.05, 3.63) is 5.21 Å². The summed E-state index contributed by atoms with van der Waals surface area (Å²) in [4.78, 5) is 16.3. The molecule has 17 heavy (non-hydrogen) atoms. The third-order valence-electron chi connectivity index (χ3n) is 1.34. The number of nitrogens with one attached hydrogen (secondary N) is 1. The van der Waals surface area contributed by atoms with Crippen molar-refractivity contribution in [1.29, 1.82) is 0 Å². The second kappa shape index (κ2) is 14.2. The van der Waals surface area contributed by atoms with E-state index in [4.69, 9.17) is 20.3 Å². The van der Waals surface area contributed by atoms with E-state index in [0.717, 1.165) is 25.7 Å². The minimum Gasteiger partial charge on any atom is -0.567 e. The number of nitrogens with zero attached hydrogens (tertiary/aromatic N) is 2. The molecule has 4 N–H and O–H groups in total. The Bertz CT molecular complexity index is 208. The quantitative estimate of drug-likeness (QED) is 0.168. The Morgan fingerprint density at radius 2 is 2.00 bits per heavy atom. The Morgan fingerprint density at radius 3 is 2.47 bits per heavy atom. The van der Waals surface area contributed by atoms with E-state index in [9.17, 15) is 5.21 Å². The summed E-state index contributed by atoms with van der Waals surface area (Å²) in [5.41, 5.74) is 1.49. The molecule has 10 nitrogen and oxygen atoms in total. The lowest BCUT2D eigenvalue weighted by Gasteiger charge is -1.98. The molecule has 0 aliphatic heterocycles. The molecule has 0 rings (SSSR count). The van der Waals surface area contributed by atoms with Gasteiger partial charge >= 0.3 is 6.16 Å². The molecule has 0 aromatic heterocycles. The Balaban J connectivity index is 0. The number of unbranched alkanes of at least 4 members (excludes halogenated alkanes) is 3. The highest BCUT2D eigenvalue weighted by Gasteiger charge is 1.93. The lowest BCUT2D eigenvalue weighted by molar-refractivity contribution is -0.695. The van der Waals surface area contributed by atoms with E-state index >= 15 is 0 Å². The number of hydrogen-bond acceptors (Lipinski definition) is 6. The van der Waals surface area contributed by atoms with Crippen LogP contribution in [0, 0.1) is 5.21 Å². The first-order chi connectivity index (χ1) is 8.04. The lowest BCUT2D eigenvalue weighted by Crippen LogP contribution is -2.21. The third kappa shape index (κ3) is 25.0. The van der Waals surface area contributed by atoms with Crippen LogP contribution < -0.4 is 5.59 Å². The van der Waals surface area contributed by atoms with Crippen molar-refractivity contribution in [2.24, 2.45) is 5.28 Å². The second-order valence-electron chi connectivity index (χ2n) is 2.71. The number of hydrogen-bond donors (Lipinski definition) is 4. The van der Waals surface area contributed by atoms with E-state index in [-0.39, 0.29) is 4.97 Å². The Labute approximate surface area is 97.5 Å². The molecular weight excluding hydrogens is 238 g/mol. The summed E-state index contributed by atoms with van der Waals surface area (Å²) in [6, 6.07) is 0. The fraction of sp³-hybridized carbons (Fsp3) is 0.857. The van der Waals surface area contributed by atoms with Crippen molar-refractivity contribution in [2.75, 3.05) is 6.61 Å². The minimum absolute atomic E-state index is 0.125. The summed E-state index contributed by atoms with van der Waals surface area (Å²) in [6.07, 6.45) is 2.35. The average molecular weight is 255 g/mol. The first-order valence-electron chi connectivity index (χ1n) is 4.82. The van der Waals surface area contributed by atoms with Gasteiger partial charge in [0.05, 0.1) is 0 Å². The van der Waals surface area contributed by atoms with Crippen LogP contribution in [-0.4, -0.2) is 33.2 Å². The van der Waals surface area contributed by atoms with Gasteiger partial charge in [-0.2, -0.15) is 0 Å². The second-order valence-corrected chi connectivity index (χ2v) is 2.71. The van der Waals surface area contributed by atoms with Gasteiger partial charge in [-0.3, -0.25) is 0 Å². The van der Waals surface area contributed by atoms with Crippen LogP contribution in [0.3, 0.4) is 0 Å². The van der Waals surface area contributed by atoms with Crippen molar-refractivity contribution < 1.29 is 35.1 Å². The molecule has 0 saturated heterocycles.